The molecule has 0 aromatic heterocycles. The van der Waals surface area contributed by atoms with Gasteiger partial charge in [-0.15, -0.1) is 0 Å². The quantitative estimate of drug-likeness (QED) is 0.729. The Morgan fingerprint density at radius 2 is 2.07 bits per heavy atom. The zero-order valence-corrected chi connectivity index (χ0v) is 9.69. The van der Waals surface area contributed by atoms with E-state index in [1.165, 1.54) is 11.5 Å². The molecule has 0 bridgehead atoms. The Labute approximate surface area is 91.0 Å². The van der Waals surface area contributed by atoms with Gasteiger partial charge in [-0.3, -0.25) is 0 Å². The third-order valence-corrected chi connectivity index (χ3v) is 2.27. The molecule has 0 heterocycles. The van der Waals surface area contributed by atoms with Crippen LogP contribution in [0.4, 0.5) is 0 Å². The Kier molecular flexibility index (Phi) is 4.27. The third-order valence-electron chi connectivity index (χ3n) is 1.97. The van der Waals surface area contributed by atoms with Gasteiger partial charge in [-0.2, -0.15) is 0 Å². The summed E-state index contributed by atoms with van der Waals surface area (Å²) in [4.78, 5) is 0. The van der Waals surface area contributed by atoms with Crippen LogP contribution in [0, 0.1) is 5.92 Å². The van der Waals surface area contributed by atoms with Gasteiger partial charge in [0, 0.05) is 0 Å². The summed E-state index contributed by atoms with van der Waals surface area (Å²) in [6, 6.07) is 5.91. The minimum Gasteiger partial charge on any atom is -0.492 e. The molecule has 0 aliphatic carbocycles. The molecule has 0 fully saturated rings. The lowest BCUT2D eigenvalue weighted by molar-refractivity contribution is 0.317. The van der Waals surface area contributed by atoms with Gasteiger partial charge in [0.25, 0.3) is 0 Å². The molecular formula is C12H16ClO. The van der Waals surface area contributed by atoms with Crippen molar-refractivity contribution >= 4 is 11.6 Å². The van der Waals surface area contributed by atoms with Crippen LogP contribution in [-0.2, 0) is 0 Å². The predicted molar refractivity (Wildman–Crippen MR) is 60.9 cm³/mol. The summed E-state index contributed by atoms with van der Waals surface area (Å²) in [5.74, 6) is 2.03. The van der Waals surface area contributed by atoms with Crippen LogP contribution in [0.15, 0.2) is 18.2 Å². The maximum Gasteiger partial charge on any atom is 0.137 e. The van der Waals surface area contributed by atoms with E-state index in [0.717, 1.165) is 12.2 Å². The molecule has 0 unspecified atom stereocenters. The summed E-state index contributed by atoms with van der Waals surface area (Å²) in [7, 11) is 0. The van der Waals surface area contributed by atoms with Crippen LogP contribution in [0.1, 0.15) is 32.8 Å². The second-order valence-electron chi connectivity index (χ2n) is 3.49. The Hall–Kier alpha value is -0.690. The fraction of sp³-hybridized carbons (Fsp3) is 0.417. The van der Waals surface area contributed by atoms with Crippen LogP contribution < -0.4 is 4.74 Å². The molecule has 0 aliphatic rings. The molecule has 0 N–H and O–H groups in total. The minimum absolute atomic E-state index is 0.692. The van der Waals surface area contributed by atoms with E-state index in [9.17, 15) is 0 Å². The van der Waals surface area contributed by atoms with E-state index in [1.54, 1.807) is 0 Å². The molecular weight excluding hydrogens is 196 g/mol. The first kappa shape index (κ1) is 11.4. The normalized spacial score (nSPS) is 10.6. The molecule has 1 aromatic rings. The highest BCUT2D eigenvalue weighted by molar-refractivity contribution is 6.32. The Balaban J connectivity index is 2.79. The van der Waals surface area contributed by atoms with Crippen LogP contribution >= 0.6 is 11.6 Å². The minimum atomic E-state index is 0.692. The fourth-order valence-corrected chi connectivity index (χ4v) is 1.38. The number of rotatable bonds is 4. The second kappa shape index (κ2) is 5.26. The average molecular weight is 212 g/mol. The molecule has 2 heteroatoms. The van der Waals surface area contributed by atoms with Gasteiger partial charge in [0.15, 0.2) is 0 Å². The highest BCUT2D eigenvalue weighted by Gasteiger charge is 2.05. The lowest BCUT2D eigenvalue weighted by Crippen LogP contribution is -1.96. The Bertz CT molecular complexity index is 294. The molecule has 0 saturated heterocycles. The summed E-state index contributed by atoms with van der Waals surface area (Å²) < 4.78 is 5.48. The van der Waals surface area contributed by atoms with E-state index in [2.05, 4.69) is 20.8 Å². The number of benzene rings is 1. The first-order valence-electron chi connectivity index (χ1n) is 4.88. The van der Waals surface area contributed by atoms with Crippen molar-refractivity contribution in [2.24, 2.45) is 0 Å². The Morgan fingerprint density at radius 1 is 1.36 bits per heavy atom. The smallest absolute Gasteiger partial charge is 0.137 e. The van der Waals surface area contributed by atoms with Gasteiger partial charge in [-0.1, -0.05) is 38.4 Å². The third kappa shape index (κ3) is 2.91. The second-order valence-corrected chi connectivity index (χ2v) is 3.90. The molecule has 1 aromatic carbocycles. The summed E-state index contributed by atoms with van der Waals surface area (Å²) >= 11 is 6.07. The fourth-order valence-electron chi connectivity index (χ4n) is 1.14. The van der Waals surface area contributed by atoms with Crippen molar-refractivity contribution in [3.05, 3.63) is 34.7 Å². The summed E-state index contributed by atoms with van der Waals surface area (Å²) in [6.45, 7) is 6.93. The van der Waals surface area contributed by atoms with Gasteiger partial charge in [0.2, 0.25) is 0 Å². The predicted octanol–water partition coefficient (Wildman–Crippen LogP) is 4.09. The monoisotopic (exact) mass is 211 g/mol. The number of ether oxygens (including phenoxy) is 1. The number of hydrogen-bond acceptors (Lipinski definition) is 1. The van der Waals surface area contributed by atoms with Crippen molar-refractivity contribution < 1.29 is 4.74 Å². The SMILES string of the molecule is CCCOc1ccc([C](C)C)cc1Cl. The molecule has 1 nitrogen and oxygen atoms in total. The molecule has 77 valence electrons. The van der Waals surface area contributed by atoms with Gasteiger partial charge in [0.05, 0.1) is 11.6 Å². The van der Waals surface area contributed by atoms with Gasteiger partial charge in [0.1, 0.15) is 5.75 Å². The maximum atomic E-state index is 6.07. The van der Waals surface area contributed by atoms with Crippen molar-refractivity contribution in [2.75, 3.05) is 6.61 Å². The van der Waals surface area contributed by atoms with Crippen LogP contribution in [-0.4, -0.2) is 6.61 Å². The molecule has 0 aliphatic heterocycles. The highest BCUT2D eigenvalue weighted by atomic mass is 35.5. The lowest BCUT2D eigenvalue weighted by atomic mass is 10.0. The molecule has 14 heavy (non-hydrogen) atoms. The first-order valence-corrected chi connectivity index (χ1v) is 5.25. The molecule has 1 rings (SSSR count). The van der Waals surface area contributed by atoms with Crippen molar-refractivity contribution in [1.29, 1.82) is 0 Å². The van der Waals surface area contributed by atoms with Crippen LogP contribution in [0.2, 0.25) is 5.02 Å². The lowest BCUT2D eigenvalue weighted by Gasteiger charge is -2.10. The summed E-state index contributed by atoms with van der Waals surface area (Å²) in [5.41, 5.74) is 1.17. The zero-order chi connectivity index (χ0) is 10.6. The van der Waals surface area contributed by atoms with Gasteiger partial charge in [-0.25, -0.2) is 0 Å². The van der Waals surface area contributed by atoms with E-state index in [0.29, 0.717) is 11.6 Å². The average Bonchev–Trinajstić information content (AvgIpc) is 2.15. The standard InChI is InChI=1S/C12H16ClO/c1-4-7-14-12-6-5-10(9(2)3)8-11(12)13/h5-6,8H,4,7H2,1-3H3. The molecule has 0 amide bonds. The number of hydrogen-bond donors (Lipinski definition) is 0. The first-order chi connectivity index (χ1) is 6.65. The van der Waals surface area contributed by atoms with Crippen LogP contribution in [0.3, 0.4) is 0 Å². The van der Waals surface area contributed by atoms with E-state index < -0.39 is 0 Å². The van der Waals surface area contributed by atoms with Crippen LogP contribution in [0.5, 0.6) is 5.75 Å². The Morgan fingerprint density at radius 3 is 2.57 bits per heavy atom. The van der Waals surface area contributed by atoms with E-state index >= 15 is 0 Å². The molecule has 0 spiro atoms. The van der Waals surface area contributed by atoms with E-state index in [1.807, 2.05) is 18.2 Å². The van der Waals surface area contributed by atoms with Crippen molar-refractivity contribution in [2.45, 2.75) is 27.2 Å². The van der Waals surface area contributed by atoms with Gasteiger partial charge in [-0.05, 0) is 30.0 Å². The maximum absolute atomic E-state index is 6.07. The van der Waals surface area contributed by atoms with Crippen molar-refractivity contribution in [3.63, 3.8) is 0 Å². The summed E-state index contributed by atoms with van der Waals surface area (Å²) in [5, 5.41) is 0.692. The number of halogens is 1. The van der Waals surface area contributed by atoms with Crippen molar-refractivity contribution in [1.82, 2.24) is 0 Å². The zero-order valence-electron chi connectivity index (χ0n) is 8.93. The molecule has 0 saturated carbocycles. The van der Waals surface area contributed by atoms with Gasteiger partial charge >= 0.3 is 0 Å². The molecule has 0 atom stereocenters. The van der Waals surface area contributed by atoms with E-state index in [-0.39, 0.29) is 0 Å². The van der Waals surface area contributed by atoms with Crippen molar-refractivity contribution in [3.8, 4) is 5.75 Å². The van der Waals surface area contributed by atoms with Crippen LogP contribution in [0.25, 0.3) is 0 Å². The summed E-state index contributed by atoms with van der Waals surface area (Å²) in [6.07, 6.45) is 0.997. The topological polar surface area (TPSA) is 9.23 Å². The highest BCUT2D eigenvalue weighted by Crippen LogP contribution is 2.28. The molecule has 1 radical (unpaired) electrons. The van der Waals surface area contributed by atoms with E-state index in [4.69, 9.17) is 16.3 Å². The largest absolute Gasteiger partial charge is 0.492 e. The van der Waals surface area contributed by atoms with Gasteiger partial charge < -0.3 is 4.74 Å².